The number of benzene rings is 1. The lowest BCUT2D eigenvalue weighted by Gasteiger charge is -2.31. The Labute approximate surface area is 144 Å². The fourth-order valence-corrected chi connectivity index (χ4v) is 3.27. The van der Waals surface area contributed by atoms with Gasteiger partial charge in [0.05, 0.1) is 27.9 Å². The van der Waals surface area contributed by atoms with Gasteiger partial charge >= 0.3 is 6.09 Å². The molecule has 0 saturated heterocycles. The molecule has 1 aromatic carbocycles. The van der Waals surface area contributed by atoms with Crippen LogP contribution in [0.25, 0.3) is 0 Å². The summed E-state index contributed by atoms with van der Waals surface area (Å²) in [5, 5.41) is 0. The zero-order valence-corrected chi connectivity index (χ0v) is 15.3. The number of nitrogens with zero attached hydrogens (tertiary/aromatic N) is 2. The van der Waals surface area contributed by atoms with Crippen LogP contribution >= 0.6 is 0 Å². The van der Waals surface area contributed by atoms with Crippen molar-refractivity contribution in [3.8, 4) is 11.5 Å². The monoisotopic (exact) mass is 336 g/mol. The van der Waals surface area contributed by atoms with Crippen LogP contribution in [0, 0.1) is 0 Å². The smallest absolute Gasteiger partial charge is 0.409 e. The van der Waals surface area contributed by atoms with Gasteiger partial charge in [-0.1, -0.05) is 13.8 Å². The van der Waals surface area contributed by atoms with Crippen LogP contribution in [0.1, 0.15) is 30.5 Å². The van der Waals surface area contributed by atoms with Crippen molar-refractivity contribution in [2.45, 2.75) is 33.4 Å². The van der Waals surface area contributed by atoms with Crippen molar-refractivity contribution in [3.05, 3.63) is 22.8 Å². The topological polar surface area (TPSA) is 51.2 Å². The van der Waals surface area contributed by atoms with Gasteiger partial charge in [-0.3, -0.25) is 4.90 Å². The second kappa shape index (κ2) is 8.24. The minimum atomic E-state index is -0.311. The molecule has 1 amide bonds. The molecule has 0 aromatic heterocycles. The normalized spacial score (nSPS) is 13.7. The maximum atomic E-state index is 11.8. The number of hydrogen-bond donors (Lipinski definition) is 0. The van der Waals surface area contributed by atoms with E-state index in [-0.39, 0.29) is 6.09 Å². The quantitative estimate of drug-likeness (QED) is 0.799. The predicted molar refractivity (Wildman–Crippen MR) is 92.7 cm³/mol. The van der Waals surface area contributed by atoms with E-state index in [4.69, 9.17) is 14.2 Å². The Bertz CT molecular complexity index is 585. The first-order valence-electron chi connectivity index (χ1n) is 8.40. The Morgan fingerprint density at radius 1 is 1.17 bits per heavy atom. The second-order valence-electron chi connectivity index (χ2n) is 5.83. The first-order chi connectivity index (χ1) is 11.6. The number of ether oxygens (including phenoxy) is 3. The minimum absolute atomic E-state index is 0.311. The molecule has 0 bridgehead atoms. The lowest BCUT2D eigenvalue weighted by atomic mass is 9.94. The van der Waals surface area contributed by atoms with Crippen LogP contribution in [0.2, 0.25) is 0 Å². The molecular formula is C18H28N2O4. The van der Waals surface area contributed by atoms with Crippen molar-refractivity contribution in [2.75, 3.05) is 41.0 Å². The number of rotatable bonds is 6. The van der Waals surface area contributed by atoms with Gasteiger partial charge in [-0.2, -0.15) is 0 Å². The second-order valence-corrected chi connectivity index (χ2v) is 5.83. The molecule has 1 aliphatic rings. The molecule has 1 aliphatic heterocycles. The van der Waals surface area contributed by atoms with E-state index in [1.165, 1.54) is 7.11 Å². The van der Waals surface area contributed by atoms with E-state index in [0.717, 1.165) is 54.2 Å². The lowest BCUT2D eigenvalue weighted by Crippen LogP contribution is -2.36. The van der Waals surface area contributed by atoms with E-state index in [1.54, 1.807) is 19.1 Å². The Morgan fingerprint density at radius 2 is 1.88 bits per heavy atom. The maximum absolute atomic E-state index is 11.8. The number of amides is 1. The van der Waals surface area contributed by atoms with E-state index in [9.17, 15) is 4.79 Å². The molecule has 24 heavy (non-hydrogen) atoms. The van der Waals surface area contributed by atoms with Crippen LogP contribution < -0.4 is 9.47 Å². The summed E-state index contributed by atoms with van der Waals surface area (Å²) in [6.45, 7) is 8.19. The highest BCUT2D eigenvalue weighted by molar-refractivity contribution is 5.69. The SMILES string of the molecule is CCN(CC)Cc1cc(OC)c2c(c1OC)CCN(C(=O)OC)C2. The van der Waals surface area contributed by atoms with Gasteiger partial charge in [-0.25, -0.2) is 4.79 Å². The van der Waals surface area contributed by atoms with Gasteiger partial charge in [0, 0.05) is 29.8 Å². The molecule has 0 N–H and O–H groups in total. The molecule has 6 heteroatoms. The Kier molecular flexibility index (Phi) is 6.31. The Morgan fingerprint density at radius 3 is 2.42 bits per heavy atom. The van der Waals surface area contributed by atoms with Crippen LogP contribution in [0.15, 0.2) is 6.07 Å². The van der Waals surface area contributed by atoms with Gasteiger partial charge in [0.1, 0.15) is 11.5 Å². The van der Waals surface area contributed by atoms with E-state index >= 15 is 0 Å². The van der Waals surface area contributed by atoms with Crippen LogP contribution in [0.4, 0.5) is 4.79 Å². The molecular weight excluding hydrogens is 308 g/mol. The largest absolute Gasteiger partial charge is 0.496 e. The van der Waals surface area contributed by atoms with Gasteiger partial charge in [-0.05, 0) is 25.6 Å². The van der Waals surface area contributed by atoms with E-state index in [1.807, 2.05) is 6.07 Å². The zero-order valence-electron chi connectivity index (χ0n) is 15.3. The van der Waals surface area contributed by atoms with Crippen molar-refractivity contribution < 1.29 is 19.0 Å². The highest BCUT2D eigenvalue weighted by Gasteiger charge is 2.28. The van der Waals surface area contributed by atoms with Crippen LogP contribution in [0.3, 0.4) is 0 Å². The summed E-state index contributed by atoms with van der Waals surface area (Å²) in [5.74, 6) is 1.73. The van der Waals surface area contributed by atoms with E-state index < -0.39 is 0 Å². The zero-order chi connectivity index (χ0) is 17.7. The summed E-state index contributed by atoms with van der Waals surface area (Å²) >= 11 is 0. The van der Waals surface area contributed by atoms with Crippen molar-refractivity contribution in [3.63, 3.8) is 0 Å². The fourth-order valence-electron chi connectivity index (χ4n) is 3.27. The molecule has 2 rings (SSSR count). The van der Waals surface area contributed by atoms with Gasteiger partial charge in [0.25, 0.3) is 0 Å². The molecule has 0 unspecified atom stereocenters. The number of carbonyl (C=O) groups is 1. The summed E-state index contributed by atoms with van der Waals surface area (Å²) < 4.78 is 16.2. The lowest BCUT2D eigenvalue weighted by molar-refractivity contribution is 0.118. The van der Waals surface area contributed by atoms with Crippen LogP contribution in [-0.4, -0.2) is 56.9 Å². The molecule has 0 atom stereocenters. The predicted octanol–water partition coefficient (Wildman–Crippen LogP) is 2.67. The third-order valence-corrected chi connectivity index (χ3v) is 4.66. The number of hydrogen-bond acceptors (Lipinski definition) is 5. The first kappa shape index (κ1) is 18.4. The highest BCUT2D eigenvalue weighted by atomic mass is 16.5. The number of methoxy groups -OCH3 is 3. The number of fused-ring (bicyclic) bond motifs is 1. The summed E-state index contributed by atoms with van der Waals surface area (Å²) in [4.78, 5) is 15.9. The standard InChI is InChI=1S/C18H28N2O4/c1-6-19(7-2)11-13-10-16(22-3)15-12-20(18(21)24-5)9-8-14(15)17(13)23-4/h10H,6-9,11-12H2,1-5H3. The molecule has 0 radical (unpaired) electrons. The van der Waals surface area contributed by atoms with Crippen LogP contribution in [0.5, 0.6) is 11.5 Å². The molecule has 0 aliphatic carbocycles. The molecule has 134 valence electrons. The average molecular weight is 336 g/mol. The molecule has 1 aromatic rings. The molecule has 0 saturated carbocycles. The van der Waals surface area contributed by atoms with Gasteiger partial charge < -0.3 is 19.1 Å². The maximum Gasteiger partial charge on any atom is 0.409 e. The van der Waals surface area contributed by atoms with Crippen LogP contribution in [-0.2, 0) is 24.2 Å². The Balaban J connectivity index is 2.43. The summed E-state index contributed by atoms with van der Waals surface area (Å²) in [6.07, 6.45) is 0.421. The van der Waals surface area contributed by atoms with Crippen molar-refractivity contribution in [1.82, 2.24) is 9.80 Å². The first-order valence-corrected chi connectivity index (χ1v) is 8.40. The molecule has 6 nitrogen and oxygen atoms in total. The summed E-state index contributed by atoms with van der Waals surface area (Å²) in [7, 11) is 4.78. The molecule has 1 heterocycles. The third kappa shape index (κ3) is 3.59. The van der Waals surface area contributed by atoms with Gasteiger partial charge in [0.15, 0.2) is 0 Å². The van der Waals surface area contributed by atoms with Gasteiger partial charge in [0.2, 0.25) is 0 Å². The summed E-state index contributed by atoms with van der Waals surface area (Å²) in [5.41, 5.74) is 3.27. The average Bonchev–Trinajstić information content (AvgIpc) is 2.63. The summed E-state index contributed by atoms with van der Waals surface area (Å²) in [6, 6.07) is 2.04. The third-order valence-electron chi connectivity index (χ3n) is 4.66. The van der Waals surface area contributed by atoms with Gasteiger partial charge in [-0.15, -0.1) is 0 Å². The van der Waals surface area contributed by atoms with Crippen molar-refractivity contribution in [1.29, 1.82) is 0 Å². The minimum Gasteiger partial charge on any atom is -0.496 e. The van der Waals surface area contributed by atoms with Crippen molar-refractivity contribution in [2.24, 2.45) is 0 Å². The van der Waals surface area contributed by atoms with Crippen molar-refractivity contribution >= 4 is 6.09 Å². The van der Waals surface area contributed by atoms with E-state index in [0.29, 0.717) is 13.1 Å². The fraction of sp³-hybridized carbons (Fsp3) is 0.611. The molecule has 0 fully saturated rings. The molecule has 0 spiro atoms. The van der Waals surface area contributed by atoms with E-state index in [2.05, 4.69) is 18.7 Å². The Hall–Kier alpha value is -1.95. The highest BCUT2D eigenvalue weighted by Crippen LogP contribution is 2.38. The number of carbonyl (C=O) groups excluding carboxylic acids is 1.